The molecule has 1 aromatic rings. The van der Waals surface area contributed by atoms with Crippen LogP contribution in [0, 0.1) is 92.7 Å². The highest BCUT2D eigenvalue weighted by Gasteiger charge is 2.67. The first-order chi connectivity index (χ1) is 30.3. The van der Waals surface area contributed by atoms with E-state index in [1.807, 2.05) is 10.9 Å². The molecule has 8 aliphatic carbocycles. The number of rotatable bonds is 11. The Labute approximate surface area is 382 Å². The van der Waals surface area contributed by atoms with Gasteiger partial charge >= 0.3 is 11.9 Å². The number of aliphatic hydroxyl groups is 5. The van der Waals surface area contributed by atoms with Crippen molar-refractivity contribution >= 4 is 11.9 Å². The summed E-state index contributed by atoms with van der Waals surface area (Å²) in [4.78, 5) is 25.2. The van der Waals surface area contributed by atoms with Crippen LogP contribution in [0.15, 0.2) is 6.20 Å². The number of nitrogens with zero attached hydrogens (tertiary/aromatic N) is 3. The fraction of sp³-hybridized carbons (Fsp3) is 0.923. The molecule has 8 saturated carbocycles. The summed E-state index contributed by atoms with van der Waals surface area (Å²) in [6, 6.07) is 0.140. The first-order valence-corrected chi connectivity index (χ1v) is 25.9. The van der Waals surface area contributed by atoms with E-state index in [0.29, 0.717) is 61.5 Å². The molecule has 1 heterocycles. The number of hydrogen-bond donors (Lipinski definition) is 5. The minimum Gasteiger partial charge on any atom is -0.469 e. The van der Waals surface area contributed by atoms with E-state index in [9.17, 15) is 35.1 Å². The number of methoxy groups -OCH3 is 1. The van der Waals surface area contributed by atoms with Crippen LogP contribution in [0.25, 0.3) is 0 Å². The smallest absolute Gasteiger partial charge is 0.306 e. The number of hydrogen-bond acceptors (Lipinski definition) is 11. The molecule has 0 bridgehead atoms. The van der Waals surface area contributed by atoms with E-state index in [0.717, 1.165) is 83.5 Å². The van der Waals surface area contributed by atoms with Crippen molar-refractivity contribution in [3.63, 3.8) is 0 Å². The third kappa shape index (κ3) is 7.54. The Morgan fingerprint density at radius 1 is 0.688 bits per heavy atom. The molecule has 12 nitrogen and oxygen atoms in total. The molecule has 0 saturated heterocycles. The maximum atomic E-state index is 13.2. The number of carbonyl (C=O) groups excluding carboxylic acids is 2. The molecule has 0 amide bonds. The zero-order valence-electron chi connectivity index (χ0n) is 40.1. The van der Waals surface area contributed by atoms with Gasteiger partial charge in [-0.05, 0) is 195 Å². The molecule has 0 radical (unpaired) electrons. The number of ether oxygens (including phenoxy) is 2. The van der Waals surface area contributed by atoms with Gasteiger partial charge in [-0.1, -0.05) is 46.8 Å². The Bertz CT molecular complexity index is 1860. The van der Waals surface area contributed by atoms with E-state index in [1.165, 1.54) is 7.11 Å². The largest absolute Gasteiger partial charge is 0.469 e. The van der Waals surface area contributed by atoms with E-state index >= 15 is 0 Å². The molecule has 22 atom stereocenters. The summed E-state index contributed by atoms with van der Waals surface area (Å²) in [5.41, 5.74) is 0.112. The highest BCUT2D eigenvalue weighted by atomic mass is 16.5. The Morgan fingerprint density at radius 2 is 1.20 bits per heavy atom. The topological polar surface area (TPSA) is 184 Å². The Hall–Kier alpha value is -2.12. The first kappa shape index (κ1) is 47.0. The normalized spacial score (nSPS) is 49.2. The monoisotopic (exact) mass is 894 g/mol. The second kappa shape index (κ2) is 17.4. The molecule has 0 aliphatic heterocycles. The van der Waals surface area contributed by atoms with Crippen molar-refractivity contribution in [3.8, 4) is 0 Å². The molecule has 0 unspecified atom stereocenters. The summed E-state index contributed by atoms with van der Waals surface area (Å²) in [5.74, 6) is 2.61. The van der Waals surface area contributed by atoms with E-state index in [1.54, 1.807) is 0 Å². The van der Waals surface area contributed by atoms with Crippen molar-refractivity contribution in [2.75, 3.05) is 7.11 Å². The zero-order valence-corrected chi connectivity index (χ0v) is 40.1. The van der Waals surface area contributed by atoms with Crippen molar-refractivity contribution in [2.24, 2.45) is 92.7 Å². The average molecular weight is 894 g/mol. The van der Waals surface area contributed by atoms with Gasteiger partial charge in [-0.2, -0.15) is 0 Å². The summed E-state index contributed by atoms with van der Waals surface area (Å²) in [6.07, 6.45) is 14.4. The fourth-order valence-corrected chi connectivity index (χ4v) is 18.5. The van der Waals surface area contributed by atoms with Crippen LogP contribution >= 0.6 is 0 Å². The molecule has 0 spiro atoms. The predicted octanol–water partition coefficient (Wildman–Crippen LogP) is 7.43. The molecule has 5 N–H and O–H groups in total. The quantitative estimate of drug-likeness (QED) is 0.139. The Morgan fingerprint density at radius 3 is 1.75 bits per heavy atom. The molecule has 360 valence electrons. The predicted molar refractivity (Wildman–Crippen MR) is 240 cm³/mol. The fourth-order valence-electron chi connectivity index (χ4n) is 18.5. The van der Waals surface area contributed by atoms with Crippen LogP contribution in [-0.2, 0) is 25.7 Å². The lowest BCUT2D eigenvalue weighted by molar-refractivity contribution is -0.207. The number of aromatic nitrogens is 3. The van der Waals surface area contributed by atoms with E-state index in [2.05, 4.69) is 51.9 Å². The Balaban J connectivity index is 0.769. The first-order valence-electron chi connectivity index (χ1n) is 25.9. The highest BCUT2D eigenvalue weighted by Crippen LogP contribution is 2.70. The molecular formula is C52H83N3O9. The molecule has 64 heavy (non-hydrogen) atoms. The summed E-state index contributed by atoms with van der Waals surface area (Å²) in [6.45, 7) is 13.8. The lowest BCUT2D eigenvalue weighted by Crippen LogP contribution is -2.62. The second-order valence-electron chi connectivity index (χ2n) is 24.5. The lowest BCUT2D eigenvalue weighted by atomic mass is 9.43. The van der Waals surface area contributed by atoms with Gasteiger partial charge < -0.3 is 35.0 Å². The van der Waals surface area contributed by atoms with Gasteiger partial charge in [-0.3, -0.25) is 9.59 Å². The van der Waals surface area contributed by atoms with Gasteiger partial charge in [0.2, 0.25) is 0 Å². The standard InChI is InChI=1S/C52H83N3O9/c1-28(8-14-45(61)63-7)35-10-12-37-47-39(24-43(59)51(35,37)5)49(3)18-16-33(20-30(49)22-41(47)57)55-26-32(53-54-55)27-64-46(62)15-9-29(2)36-11-13-38-48-40(25-44(60)52(36,38)6)50(4)19-17-34(56)21-31(50)23-42(48)58/h26,28-31,33-44,47-48,56-60H,8-25,27H2,1-7H3/t28-,29-,30+,31+,33-,34-,35-,36-,37+,38+,39+,40+,41-,42-,43+,44+,47+,48+,49+,50+,51-,52-/m1/s1. The van der Waals surface area contributed by atoms with Gasteiger partial charge in [-0.25, -0.2) is 4.68 Å². The van der Waals surface area contributed by atoms with Gasteiger partial charge in [-0.15, -0.1) is 5.10 Å². The van der Waals surface area contributed by atoms with Crippen molar-refractivity contribution in [3.05, 3.63) is 11.9 Å². The van der Waals surface area contributed by atoms with E-state index < -0.39 is 24.4 Å². The van der Waals surface area contributed by atoms with Crippen molar-refractivity contribution in [1.82, 2.24) is 15.0 Å². The number of fused-ring (bicyclic) bond motifs is 10. The van der Waals surface area contributed by atoms with Crippen LogP contribution in [0.5, 0.6) is 0 Å². The van der Waals surface area contributed by atoms with Crippen molar-refractivity contribution in [2.45, 2.75) is 200 Å². The minimum absolute atomic E-state index is 0.0149. The number of carbonyl (C=O) groups is 2. The molecular weight excluding hydrogens is 811 g/mol. The zero-order chi connectivity index (χ0) is 45.7. The maximum absolute atomic E-state index is 13.2. The summed E-state index contributed by atoms with van der Waals surface area (Å²) in [7, 11) is 1.44. The van der Waals surface area contributed by atoms with Crippen LogP contribution in [0.3, 0.4) is 0 Å². The number of aliphatic hydroxyl groups excluding tert-OH is 5. The number of esters is 2. The molecule has 1 aromatic heterocycles. The molecule has 8 aliphatic rings. The van der Waals surface area contributed by atoms with Crippen LogP contribution in [0.4, 0.5) is 0 Å². The molecule has 8 fully saturated rings. The van der Waals surface area contributed by atoms with Gasteiger partial charge in [0.05, 0.1) is 49.9 Å². The van der Waals surface area contributed by atoms with E-state index in [-0.39, 0.29) is 99.7 Å². The molecule has 12 heteroatoms. The third-order valence-electron chi connectivity index (χ3n) is 22.2. The van der Waals surface area contributed by atoms with Gasteiger partial charge in [0.1, 0.15) is 12.3 Å². The van der Waals surface area contributed by atoms with Gasteiger partial charge in [0.15, 0.2) is 0 Å². The summed E-state index contributed by atoms with van der Waals surface area (Å²) >= 11 is 0. The van der Waals surface area contributed by atoms with Crippen LogP contribution in [-0.4, -0.2) is 90.1 Å². The van der Waals surface area contributed by atoms with Crippen molar-refractivity contribution in [1.29, 1.82) is 0 Å². The van der Waals surface area contributed by atoms with Crippen LogP contribution < -0.4 is 0 Å². The molecule has 9 rings (SSSR count). The average Bonchev–Trinajstić information content (AvgIpc) is 3.99. The third-order valence-corrected chi connectivity index (χ3v) is 22.2. The highest BCUT2D eigenvalue weighted by molar-refractivity contribution is 5.69. The SMILES string of the molecule is COC(=O)CC[C@@H](C)[C@H]1CC[C@H]2[C@@H]3[C@H](O)C[C@@H]4C[C@H](n5cc(COC(=O)CC[C@@H](C)[C@H]6CC[C@H]7[C@@H]8[C@H](O)C[C@@H]9C[C@H](O)CC[C@]9(C)[C@H]8C[C@H](O)[C@]67C)nn5)CC[C@]4(C)[C@H]3C[C@H](O)[C@]12C. The molecule has 0 aromatic carbocycles. The summed E-state index contributed by atoms with van der Waals surface area (Å²) in [5, 5.41) is 67.1. The summed E-state index contributed by atoms with van der Waals surface area (Å²) < 4.78 is 12.7. The van der Waals surface area contributed by atoms with Gasteiger partial charge in [0.25, 0.3) is 0 Å². The van der Waals surface area contributed by atoms with E-state index in [4.69, 9.17) is 9.47 Å². The second-order valence-corrected chi connectivity index (χ2v) is 24.5. The van der Waals surface area contributed by atoms with Crippen molar-refractivity contribution < 1.29 is 44.6 Å². The van der Waals surface area contributed by atoms with Crippen LogP contribution in [0.2, 0.25) is 0 Å². The minimum atomic E-state index is -0.450. The van der Waals surface area contributed by atoms with Gasteiger partial charge in [0, 0.05) is 12.8 Å². The van der Waals surface area contributed by atoms with Crippen LogP contribution in [0.1, 0.15) is 169 Å². The lowest BCUT2D eigenvalue weighted by Gasteiger charge is -2.63. The Kier molecular flexibility index (Phi) is 12.8. The maximum Gasteiger partial charge on any atom is 0.306 e.